The van der Waals surface area contributed by atoms with Gasteiger partial charge in [-0.15, -0.1) is 0 Å². The van der Waals surface area contributed by atoms with E-state index < -0.39 is 20.6 Å². The number of sulfone groups is 1. The van der Waals surface area contributed by atoms with Gasteiger partial charge in [0.2, 0.25) is 0 Å². The van der Waals surface area contributed by atoms with Gasteiger partial charge >= 0.3 is 5.97 Å². The van der Waals surface area contributed by atoms with Crippen molar-refractivity contribution in [1.29, 1.82) is 0 Å². The molecule has 0 aromatic heterocycles. The molecule has 0 amide bonds. The molecule has 0 saturated carbocycles. The largest absolute Gasteiger partial charge is 0.480 e. The van der Waals surface area contributed by atoms with Crippen molar-refractivity contribution in [1.82, 2.24) is 0 Å². The lowest BCUT2D eigenvalue weighted by molar-refractivity contribution is -0.140. The summed E-state index contributed by atoms with van der Waals surface area (Å²) in [6.07, 6.45) is 0.238. The molecule has 0 radical (unpaired) electrons. The van der Waals surface area contributed by atoms with Gasteiger partial charge in [-0.1, -0.05) is 27.7 Å². The number of carboxylic acids is 1. The van der Waals surface area contributed by atoms with Gasteiger partial charge in [-0.05, 0) is 18.8 Å². The first-order valence-electron chi connectivity index (χ1n) is 5.19. The Hall–Kier alpha value is -0.580. The molecule has 0 atom stereocenters. The van der Waals surface area contributed by atoms with Gasteiger partial charge in [0.05, 0.1) is 5.75 Å². The highest BCUT2D eigenvalue weighted by Gasteiger charge is 2.47. The molecule has 90 valence electrons. The third-order valence-electron chi connectivity index (χ3n) is 2.68. The minimum Gasteiger partial charge on any atom is -0.480 e. The minimum absolute atomic E-state index is 0.0492. The van der Waals surface area contributed by atoms with Crippen LogP contribution in [0.25, 0.3) is 0 Å². The molecule has 0 fully saturated rings. The molecule has 5 heteroatoms. The van der Waals surface area contributed by atoms with Gasteiger partial charge in [-0.3, -0.25) is 4.79 Å². The second-order valence-electron chi connectivity index (χ2n) is 4.18. The second-order valence-corrected chi connectivity index (χ2v) is 6.53. The van der Waals surface area contributed by atoms with E-state index in [0.29, 0.717) is 0 Å². The maximum atomic E-state index is 12.0. The average molecular weight is 236 g/mol. The summed E-state index contributed by atoms with van der Waals surface area (Å²) in [6.45, 7) is 6.76. The van der Waals surface area contributed by atoms with E-state index in [1.807, 2.05) is 0 Å². The lowest BCUT2D eigenvalue weighted by Gasteiger charge is -2.27. The van der Waals surface area contributed by atoms with Gasteiger partial charge in [-0.2, -0.15) is 0 Å². The van der Waals surface area contributed by atoms with E-state index in [9.17, 15) is 13.2 Å². The zero-order valence-electron chi connectivity index (χ0n) is 9.78. The van der Waals surface area contributed by atoms with Crippen molar-refractivity contribution in [2.24, 2.45) is 5.92 Å². The van der Waals surface area contributed by atoms with Gasteiger partial charge in [0.1, 0.15) is 0 Å². The van der Waals surface area contributed by atoms with Crippen LogP contribution < -0.4 is 0 Å². The Morgan fingerprint density at radius 2 is 1.67 bits per heavy atom. The fraction of sp³-hybridized carbons (Fsp3) is 0.900. The van der Waals surface area contributed by atoms with Gasteiger partial charge < -0.3 is 5.11 Å². The van der Waals surface area contributed by atoms with Crippen LogP contribution in [0.15, 0.2) is 0 Å². The molecule has 0 aromatic carbocycles. The number of carboxylic acid groups (broad SMARTS) is 1. The second kappa shape index (κ2) is 4.96. The molecule has 4 nitrogen and oxygen atoms in total. The van der Waals surface area contributed by atoms with Crippen molar-refractivity contribution >= 4 is 15.8 Å². The summed E-state index contributed by atoms with van der Waals surface area (Å²) in [6, 6.07) is 0. The van der Waals surface area contributed by atoms with Crippen LogP contribution in [-0.4, -0.2) is 30.0 Å². The Labute approximate surface area is 91.6 Å². The Bertz CT molecular complexity index is 312. The topological polar surface area (TPSA) is 71.4 Å². The Morgan fingerprint density at radius 3 is 1.87 bits per heavy atom. The van der Waals surface area contributed by atoms with Crippen molar-refractivity contribution in [3.8, 4) is 0 Å². The fourth-order valence-electron chi connectivity index (χ4n) is 1.72. The summed E-state index contributed by atoms with van der Waals surface area (Å²) in [5.41, 5.74) is 0. The highest BCUT2D eigenvalue weighted by molar-refractivity contribution is 7.93. The first-order valence-corrected chi connectivity index (χ1v) is 6.84. The molecule has 0 aromatic rings. The minimum atomic E-state index is -3.58. The van der Waals surface area contributed by atoms with Crippen LogP contribution in [-0.2, 0) is 14.6 Å². The lowest BCUT2D eigenvalue weighted by Crippen LogP contribution is -2.47. The maximum absolute atomic E-state index is 12.0. The van der Waals surface area contributed by atoms with Gasteiger partial charge in [-0.25, -0.2) is 8.42 Å². The molecule has 0 spiro atoms. The van der Waals surface area contributed by atoms with Crippen molar-refractivity contribution in [3.05, 3.63) is 0 Å². The van der Waals surface area contributed by atoms with E-state index in [2.05, 4.69) is 0 Å². The van der Waals surface area contributed by atoms with Crippen LogP contribution in [0.1, 0.15) is 40.5 Å². The number of hydrogen-bond donors (Lipinski definition) is 1. The summed E-state index contributed by atoms with van der Waals surface area (Å²) in [5.74, 6) is -1.35. The quantitative estimate of drug-likeness (QED) is 0.762. The van der Waals surface area contributed by atoms with Gasteiger partial charge in [0.25, 0.3) is 0 Å². The normalized spacial score (nSPS) is 13.1. The van der Waals surface area contributed by atoms with Crippen molar-refractivity contribution in [2.75, 3.05) is 5.75 Å². The number of rotatable bonds is 6. The van der Waals surface area contributed by atoms with E-state index in [1.54, 1.807) is 27.7 Å². The number of carbonyl (C=O) groups is 1. The Morgan fingerprint density at radius 1 is 1.27 bits per heavy atom. The third kappa shape index (κ3) is 2.71. The summed E-state index contributed by atoms with van der Waals surface area (Å²) < 4.78 is 22.4. The molecule has 0 aliphatic heterocycles. The highest BCUT2D eigenvalue weighted by Crippen LogP contribution is 2.28. The average Bonchev–Trinajstić information content (AvgIpc) is 2.03. The molecule has 0 aliphatic rings. The predicted molar refractivity (Wildman–Crippen MR) is 59.6 cm³/mol. The molecule has 1 N–H and O–H groups in total. The van der Waals surface area contributed by atoms with Crippen LogP contribution in [0.5, 0.6) is 0 Å². The standard InChI is InChI=1S/C10H20O4S/c1-5-10(6-2,9(11)12)15(13,14)7-8(3)4/h8H,5-7H2,1-4H3,(H,11,12). The first-order chi connectivity index (χ1) is 6.73. The van der Waals surface area contributed by atoms with Crippen LogP contribution in [0, 0.1) is 5.92 Å². The summed E-state index contributed by atoms with van der Waals surface area (Å²) in [4.78, 5) is 11.1. The van der Waals surface area contributed by atoms with Crippen molar-refractivity contribution in [3.63, 3.8) is 0 Å². The molecule has 0 heterocycles. The summed E-state index contributed by atoms with van der Waals surface area (Å²) >= 11 is 0. The third-order valence-corrected chi connectivity index (χ3v) is 5.73. The molecule has 0 bridgehead atoms. The van der Waals surface area contributed by atoms with Crippen LogP contribution in [0.2, 0.25) is 0 Å². The van der Waals surface area contributed by atoms with E-state index >= 15 is 0 Å². The van der Waals surface area contributed by atoms with Crippen LogP contribution in [0.3, 0.4) is 0 Å². The van der Waals surface area contributed by atoms with Crippen molar-refractivity contribution < 1.29 is 18.3 Å². The molecule has 0 rings (SSSR count). The molecule has 0 unspecified atom stereocenters. The molecular weight excluding hydrogens is 216 g/mol. The summed E-state index contributed by atoms with van der Waals surface area (Å²) in [5, 5.41) is 9.09. The number of hydrogen-bond acceptors (Lipinski definition) is 3. The Kier molecular flexibility index (Phi) is 4.77. The van der Waals surface area contributed by atoms with E-state index in [0.717, 1.165) is 0 Å². The van der Waals surface area contributed by atoms with Gasteiger partial charge in [0.15, 0.2) is 14.6 Å². The van der Waals surface area contributed by atoms with E-state index in [4.69, 9.17) is 5.11 Å². The SMILES string of the molecule is CCC(CC)(C(=O)O)S(=O)(=O)CC(C)C. The van der Waals surface area contributed by atoms with Crippen LogP contribution >= 0.6 is 0 Å². The molecular formula is C10H20O4S. The van der Waals surface area contributed by atoms with E-state index in [1.165, 1.54) is 0 Å². The molecule has 15 heavy (non-hydrogen) atoms. The maximum Gasteiger partial charge on any atom is 0.325 e. The predicted octanol–water partition coefficient (Wildman–Crippen LogP) is 1.70. The zero-order valence-corrected chi connectivity index (χ0v) is 10.6. The van der Waals surface area contributed by atoms with Crippen LogP contribution in [0.4, 0.5) is 0 Å². The first kappa shape index (κ1) is 14.4. The summed E-state index contributed by atoms with van der Waals surface area (Å²) in [7, 11) is -3.58. The lowest BCUT2D eigenvalue weighted by atomic mass is 10.0. The number of aliphatic carboxylic acids is 1. The monoisotopic (exact) mass is 236 g/mol. The van der Waals surface area contributed by atoms with Crippen molar-refractivity contribution in [2.45, 2.75) is 45.3 Å². The van der Waals surface area contributed by atoms with Gasteiger partial charge in [0, 0.05) is 0 Å². The zero-order chi connectivity index (χ0) is 12.3. The highest BCUT2D eigenvalue weighted by atomic mass is 32.2. The molecule has 0 saturated heterocycles. The van der Waals surface area contributed by atoms with E-state index in [-0.39, 0.29) is 24.5 Å². The fourth-order valence-corrected chi connectivity index (χ4v) is 4.07. The Balaban J connectivity index is 5.35. The molecule has 0 aliphatic carbocycles. The smallest absolute Gasteiger partial charge is 0.325 e.